The Labute approximate surface area is 185 Å². The minimum Gasteiger partial charge on any atom is -0.496 e. The fourth-order valence-electron chi connectivity index (χ4n) is 3.51. The van der Waals surface area contributed by atoms with Gasteiger partial charge in [0, 0.05) is 12.0 Å². The van der Waals surface area contributed by atoms with E-state index in [2.05, 4.69) is 15.0 Å². The molecule has 2 heterocycles. The van der Waals surface area contributed by atoms with Gasteiger partial charge in [-0.15, -0.1) is 0 Å². The van der Waals surface area contributed by atoms with Crippen molar-refractivity contribution in [3.63, 3.8) is 0 Å². The Morgan fingerprint density at radius 3 is 2.52 bits per heavy atom. The molecule has 158 valence electrons. The molecule has 0 aliphatic carbocycles. The fraction of sp³-hybridized carbons (Fsp3) is 0.174. The van der Waals surface area contributed by atoms with Gasteiger partial charge in [-0.3, -0.25) is 0 Å². The van der Waals surface area contributed by atoms with Gasteiger partial charge in [-0.1, -0.05) is 41.9 Å². The van der Waals surface area contributed by atoms with Crippen molar-refractivity contribution in [2.45, 2.75) is 20.0 Å². The molecule has 0 saturated heterocycles. The van der Waals surface area contributed by atoms with Crippen molar-refractivity contribution in [3.05, 3.63) is 75.9 Å². The summed E-state index contributed by atoms with van der Waals surface area (Å²) < 4.78 is 11.5. The minimum atomic E-state index is 0.0608. The zero-order chi connectivity index (χ0) is 22.0. The first-order chi connectivity index (χ1) is 15.0. The summed E-state index contributed by atoms with van der Waals surface area (Å²) in [7, 11) is 1.63. The van der Waals surface area contributed by atoms with Crippen LogP contribution in [0, 0.1) is 6.92 Å². The summed E-state index contributed by atoms with van der Waals surface area (Å²) in [5.74, 6) is 1.80. The number of fused-ring (bicyclic) bond motifs is 1. The van der Waals surface area contributed by atoms with E-state index in [4.69, 9.17) is 32.5 Å². The molecule has 0 unspecified atom stereocenters. The average molecular weight is 436 g/mol. The molecule has 4 aromatic rings. The lowest BCUT2D eigenvalue weighted by atomic mass is 9.99. The van der Waals surface area contributed by atoms with Crippen molar-refractivity contribution in [2.75, 3.05) is 18.6 Å². The van der Waals surface area contributed by atoms with Crippen LogP contribution in [0.15, 0.2) is 48.5 Å². The second-order valence-corrected chi connectivity index (χ2v) is 7.45. The molecule has 4 rings (SSSR count). The van der Waals surface area contributed by atoms with Crippen molar-refractivity contribution < 1.29 is 9.47 Å². The number of aryl methyl sites for hydroxylation is 1. The zero-order valence-electron chi connectivity index (χ0n) is 17.2. The molecule has 0 saturated carbocycles. The molecule has 8 heteroatoms. The van der Waals surface area contributed by atoms with Gasteiger partial charge in [-0.05, 0) is 41.8 Å². The van der Waals surface area contributed by atoms with Crippen molar-refractivity contribution in [2.24, 2.45) is 0 Å². The Morgan fingerprint density at radius 1 is 1.00 bits per heavy atom. The van der Waals surface area contributed by atoms with Crippen LogP contribution in [0.3, 0.4) is 0 Å². The third-order valence-electron chi connectivity index (χ3n) is 5.08. The first-order valence-electron chi connectivity index (χ1n) is 9.67. The number of ether oxygens (including phenoxy) is 2. The monoisotopic (exact) mass is 435 g/mol. The van der Waals surface area contributed by atoms with Gasteiger partial charge in [0.25, 0.3) is 0 Å². The van der Waals surface area contributed by atoms with Gasteiger partial charge in [-0.2, -0.15) is 9.97 Å². The number of pyridine rings is 1. The topological polar surface area (TPSA) is 109 Å². The lowest BCUT2D eigenvalue weighted by Crippen LogP contribution is -2.06. The second kappa shape index (κ2) is 8.65. The number of hydrogen-bond donors (Lipinski definition) is 2. The highest BCUT2D eigenvalue weighted by Gasteiger charge is 2.17. The standard InChI is InChI=1S/C23H22ClN5O2/c1-13-17(20(24)27-22-19(13)21(25)28-23(26)29-22)11-15-10-16(8-9-18(15)30-2)31-12-14-6-4-3-5-7-14/h3-10H,11-12H2,1-2H3,(H4,25,26,27,28,29). The lowest BCUT2D eigenvalue weighted by molar-refractivity contribution is 0.305. The van der Waals surface area contributed by atoms with Gasteiger partial charge in [0.15, 0.2) is 5.65 Å². The van der Waals surface area contributed by atoms with E-state index in [9.17, 15) is 0 Å². The molecule has 0 amide bonds. The Kier molecular flexibility index (Phi) is 5.77. The highest BCUT2D eigenvalue weighted by molar-refractivity contribution is 6.30. The fourth-order valence-corrected chi connectivity index (χ4v) is 3.80. The average Bonchev–Trinajstić information content (AvgIpc) is 2.75. The Bertz CT molecular complexity index is 1250. The van der Waals surface area contributed by atoms with E-state index in [-0.39, 0.29) is 11.8 Å². The molecule has 2 aromatic heterocycles. The van der Waals surface area contributed by atoms with Crippen molar-refractivity contribution >= 4 is 34.4 Å². The first-order valence-corrected chi connectivity index (χ1v) is 10.1. The predicted octanol–water partition coefficient (Wildman–Crippen LogP) is 4.33. The first kappa shape index (κ1) is 20.7. The maximum atomic E-state index is 6.51. The molecule has 2 aromatic carbocycles. The van der Waals surface area contributed by atoms with Crippen LogP contribution in [-0.2, 0) is 13.0 Å². The maximum absolute atomic E-state index is 6.51. The van der Waals surface area contributed by atoms with Crippen LogP contribution < -0.4 is 20.9 Å². The zero-order valence-corrected chi connectivity index (χ0v) is 18.0. The second-order valence-electron chi connectivity index (χ2n) is 7.10. The third kappa shape index (κ3) is 4.32. The van der Waals surface area contributed by atoms with E-state index in [1.165, 1.54) is 0 Å². The Morgan fingerprint density at radius 2 is 1.77 bits per heavy atom. The molecular weight excluding hydrogens is 414 g/mol. The van der Waals surface area contributed by atoms with Gasteiger partial charge in [-0.25, -0.2) is 4.98 Å². The number of halogens is 1. The molecule has 0 spiro atoms. The van der Waals surface area contributed by atoms with Crippen molar-refractivity contribution in [1.82, 2.24) is 15.0 Å². The van der Waals surface area contributed by atoms with E-state index < -0.39 is 0 Å². The number of nitrogen functional groups attached to an aromatic ring is 2. The van der Waals surface area contributed by atoms with Crippen molar-refractivity contribution in [3.8, 4) is 11.5 Å². The summed E-state index contributed by atoms with van der Waals surface area (Å²) in [5, 5.41) is 0.976. The van der Waals surface area contributed by atoms with Crippen LogP contribution in [0.5, 0.6) is 11.5 Å². The number of rotatable bonds is 6. The molecule has 0 radical (unpaired) electrons. The normalized spacial score (nSPS) is 10.9. The largest absolute Gasteiger partial charge is 0.496 e. The summed E-state index contributed by atoms with van der Waals surface area (Å²) in [6.45, 7) is 2.39. The van der Waals surface area contributed by atoms with Crippen LogP contribution in [-0.4, -0.2) is 22.1 Å². The molecule has 0 aliphatic rings. The number of aromatic nitrogens is 3. The van der Waals surface area contributed by atoms with Gasteiger partial charge < -0.3 is 20.9 Å². The number of benzene rings is 2. The molecule has 0 aliphatic heterocycles. The summed E-state index contributed by atoms with van der Waals surface area (Å²) in [6.07, 6.45) is 0.475. The highest BCUT2D eigenvalue weighted by atomic mass is 35.5. The highest BCUT2D eigenvalue weighted by Crippen LogP contribution is 2.33. The third-order valence-corrected chi connectivity index (χ3v) is 5.40. The van der Waals surface area contributed by atoms with Gasteiger partial charge in [0.1, 0.15) is 29.1 Å². The summed E-state index contributed by atoms with van der Waals surface area (Å²) in [4.78, 5) is 12.6. The van der Waals surface area contributed by atoms with E-state index in [0.29, 0.717) is 29.2 Å². The van der Waals surface area contributed by atoms with Gasteiger partial charge in [0.2, 0.25) is 5.95 Å². The van der Waals surface area contributed by atoms with Crippen LogP contribution in [0.25, 0.3) is 11.0 Å². The quantitative estimate of drug-likeness (QED) is 0.434. The number of nitrogens with zero attached hydrogens (tertiary/aromatic N) is 3. The molecule has 0 fully saturated rings. The lowest BCUT2D eigenvalue weighted by Gasteiger charge is -2.15. The van der Waals surface area contributed by atoms with Crippen LogP contribution >= 0.6 is 11.6 Å². The molecular formula is C23H22ClN5O2. The SMILES string of the molecule is COc1ccc(OCc2ccccc2)cc1Cc1c(Cl)nc2nc(N)nc(N)c2c1C. The Balaban J connectivity index is 1.69. The Hall–Kier alpha value is -3.58. The predicted molar refractivity (Wildman–Crippen MR) is 122 cm³/mol. The number of nitrogens with two attached hydrogens (primary N) is 2. The minimum absolute atomic E-state index is 0.0608. The summed E-state index contributed by atoms with van der Waals surface area (Å²) >= 11 is 6.51. The van der Waals surface area contributed by atoms with E-state index >= 15 is 0 Å². The van der Waals surface area contributed by atoms with Gasteiger partial charge >= 0.3 is 0 Å². The van der Waals surface area contributed by atoms with Crippen molar-refractivity contribution in [1.29, 1.82) is 0 Å². The number of hydrogen-bond acceptors (Lipinski definition) is 7. The molecule has 4 N–H and O–H groups in total. The number of anilines is 2. The van der Waals surface area contributed by atoms with Crippen LogP contribution in [0.1, 0.15) is 22.3 Å². The molecule has 0 atom stereocenters. The molecule has 7 nitrogen and oxygen atoms in total. The summed E-state index contributed by atoms with van der Waals surface area (Å²) in [5.41, 5.74) is 15.8. The molecule has 0 bridgehead atoms. The number of methoxy groups -OCH3 is 1. The smallest absolute Gasteiger partial charge is 0.224 e. The van der Waals surface area contributed by atoms with Gasteiger partial charge in [0.05, 0.1) is 12.5 Å². The summed E-state index contributed by atoms with van der Waals surface area (Å²) in [6, 6.07) is 15.7. The van der Waals surface area contributed by atoms with E-state index in [1.54, 1.807) is 7.11 Å². The van der Waals surface area contributed by atoms with E-state index in [1.807, 2.05) is 55.5 Å². The molecule has 31 heavy (non-hydrogen) atoms. The van der Waals surface area contributed by atoms with Crippen LogP contribution in [0.2, 0.25) is 5.15 Å². The van der Waals surface area contributed by atoms with Crippen LogP contribution in [0.4, 0.5) is 11.8 Å². The van der Waals surface area contributed by atoms with E-state index in [0.717, 1.165) is 33.8 Å². The maximum Gasteiger partial charge on any atom is 0.224 e.